The van der Waals surface area contributed by atoms with Crippen molar-refractivity contribution in [1.82, 2.24) is 24.8 Å². The predicted octanol–water partition coefficient (Wildman–Crippen LogP) is 6.58. The van der Waals surface area contributed by atoms with Gasteiger partial charge in [-0.15, -0.1) is 12.4 Å². The van der Waals surface area contributed by atoms with Gasteiger partial charge in [0.05, 0.1) is 11.3 Å². The van der Waals surface area contributed by atoms with Crippen molar-refractivity contribution in [2.24, 2.45) is 0 Å². The molecule has 0 saturated carbocycles. The highest BCUT2D eigenvalue weighted by Gasteiger charge is 2.34. The van der Waals surface area contributed by atoms with Gasteiger partial charge in [0.25, 0.3) is 5.91 Å². The number of aromatic nitrogens is 4. The summed E-state index contributed by atoms with van der Waals surface area (Å²) in [6, 6.07) is 10.3. The summed E-state index contributed by atoms with van der Waals surface area (Å²) < 4.78 is 41.9. The molecule has 2 heterocycles. The minimum absolute atomic E-state index is 0. The molecule has 4 aromatic rings. The highest BCUT2D eigenvalue weighted by Crippen LogP contribution is 2.34. The van der Waals surface area contributed by atoms with Gasteiger partial charge in [0.2, 0.25) is 5.95 Å². The van der Waals surface area contributed by atoms with Crippen LogP contribution in [0.15, 0.2) is 67.4 Å². The molecule has 0 aliphatic carbocycles. The summed E-state index contributed by atoms with van der Waals surface area (Å²) in [7, 11) is 3.71. The summed E-state index contributed by atoms with van der Waals surface area (Å²) in [6.07, 6.45) is 1.78. The average molecular weight is 613 g/mol. The monoisotopic (exact) mass is 612 g/mol. The van der Waals surface area contributed by atoms with E-state index in [2.05, 4.69) is 30.6 Å². The van der Waals surface area contributed by atoms with Crippen LogP contribution in [-0.2, 0) is 12.6 Å². The van der Waals surface area contributed by atoms with E-state index < -0.39 is 17.6 Å². The SMILES string of the molecule is Cc1ccc(NC(=O)c2ccc(CC(=N)C[C@H](C)N(C)C)c(C(F)(F)F)c2)cc1Nc1nccc(-c2cncnc2)n1.Cl. The van der Waals surface area contributed by atoms with E-state index in [4.69, 9.17) is 5.41 Å². The van der Waals surface area contributed by atoms with Gasteiger partial charge < -0.3 is 20.9 Å². The number of amides is 1. The molecular weight excluding hydrogens is 581 g/mol. The van der Waals surface area contributed by atoms with Crippen LogP contribution >= 0.6 is 12.4 Å². The van der Waals surface area contributed by atoms with Gasteiger partial charge >= 0.3 is 6.18 Å². The number of hydrogen-bond donors (Lipinski definition) is 3. The highest BCUT2D eigenvalue weighted by molar-refractivity contribution is 6.04. The predicted molar refractivity (Wildman–Crippen MR) is 163 cm³/mol. The van der Waals surface area contributed by atoms with Gasteiger partial charge in [0.1, 0.15) is 6.33 Å². The Balaban J connectivity index is 0.00000506. The molecule has 226 valence electrons. The van der Waals surface area contributed by atoms with Crippen LogP contribution in [-0.4, -0.2) is 56.6 Å². The third-order valence-corrected chi connectivity index (χ3v) is 6.76. The van der Waals surface area contributed by atoms with Crippen molar-refractivity contribution in [3.05, 3.63) is 89.6 Å². The molecular formula is C30H32ClF3N8O. The van der Waals surface area contributed by atoms with Crippen molar-refractivity contribution in [2.45, 2.75) is 38.9 Å². The average Bonchev–Trinajstić information content (AvgIpc) is 2.95. The number of nitrogens with one attached hydrogen (secondary N) is 3. The first-order chi connectivity index (χ1) is 19.9. The molecule has 13 heteroatoms. The number of rotatable bonds is 10. The Kier molecular flexibility index (Phi) is 10.9. The first kappa shape index (κ1) is 33.1. The van der Waals surface area contributed by atoms with Gasteiger partial charge in [0, 0.05) is 65.7 Å². The lowest BCUT2D eigenvalue weighted by molar-refractivity contribution is -0.138. The Morgan fingerprint density at radius 2 is 1.79 bits per heavy atom. The summed E-state index contributed by atoms with van der Waals surface area (Å²) in [4.78, 5) is 31.7. The molecule has 4 rings (SSSR count). The Morgan fingerprint density at radius 3 is 2.47 bits per heavy atom. The molecule has 0 bridgehead atoms. The third kappa shape index (κ3) is 8.79. The van der Waals surface area contributed by atoms with Crippen LogP contribution in [0.4, 0.5) is 30.5 Å². The Morgan fingerprint density at radius 1 is 1.07 bits per heavy atom. The van der Waals surface area contributed by atoms with E-state index >= 15 is 0 Å². The van der Waals surface area contributed by atoms with Crippen LogP contribution in [0.2, 0.25) is 0 Å². The second kappa shape index (κ2) is 14.2. The van der Waals surface area contributed by atoms with E-state index in [-0.39, 0.29) is 41.7 Å². The van der Waals surface area contributed by atoms with Crippen molar-refractivity contribution >= 4 is 41.3 Å². The standard InChI is InChI=1S/C30H31F3N8O.ClH/c1-18-5-8-24(14-27(18)40-29-37-10-9-26(39-29)22-15-35-17-36-16-22)38-28(42)21-7-6-20(25(13-21)30(31,32)33)12-23(34)11-19(2)41(3)4;/h5-10,13-17,19,34H,11-12H2,1-4H3,(H,38,42)(H,37,39,40);1H/t19-;/m0./s1. The summed E-state index contributed by atoms with van der Waals surface area (Å²) in [6.45, 7) is 3.76. The lowest BCUT2D eigenvalue weighted by atomic mass is 9.96. The van der Waals surface area contributed by atoms with E-state index in [0.29, 0.717) is 35.0 Å². The second-order valence-corrected chi connectivity index (χ2v) is 10.2. The maximum atomic E-state index is 14.0. The molecule has 9 nitrogen and oxygen atoms in total. The smallest absolute Gasteiger partial charge is 0.324 e. The maximum absolute atomic E-state index is 14.0. The number of nitrogens with zero attached hydrogens (tertiary/aromatic N) is 5. The molecule has 3 N–H and O–H groups in total. The second-order valence-electron chi connectivity index (χ2n) is 10.2. The normalized spacial score (nSPS) is 11.9. The summed E-state index contributed by atoms with van der Waals surface area (Å²) in [5, 5.41) is 14.0. The molecule has 1 atom stereocenters. The minimum Gasteiger partial charge on any atom is -0.324 e. The Bertz CT molecular complexity index is 1580. The van der Waals surface area contributed by atoms with Crippen LogP contribution in [0.25, 0.3) is 11.3 Å². The highest BCUT2D eigenvalue weighted by atomic mass is 35.5. The summed E-state index contributed by atoms with van der Waals surface area (Å²) in [5.41, 5.74) is 2.21. The maximum Gasteiger partial charge on any atom is 0.416 e. The van der Waals surface area contributed by atoms with Crippen LogP contribution in [0.1, 0.15) is 40.4 Å². The van der Waals surface area contributed by atoms with E-state index in [1.165, 1.54) is 18.5 Å². The van der Waals surface area contributed by atoms with Gasteiger partial charge in [-0.05, 0) is 69.4 Å². The van der Waals surface area contributed by atoms with Crippen LogP contribution in [0.3, 0.4) is 0 Å². The van der Waals surface area contributed by atoms with Crippen molar-refractivity contribution in [3.8, 4) is 11.3 Å². The number of alkyl halides is 3. The summed E-state index contributed by atoms with van der Waals surface area (Å²) >= 11 is 0. The van der Waals surface area contributed by atoms with E-state index in [9.17, 15) is 18.0 Å². The molecule has 0 unspecified atom stereocenters. The molecule has 0 radical (unpaired) electrons. The number of carbonyl (C=O) groups is 1. The number of hydrogen-bond acceptors (Lipinski definition) is 8. The lowest BCUT2D eigenvalue weighted by Crippen LogP contribution is -2.28. The molecule has 0 aliphatic rings. The number of carbonyl (C=O) groups excluding carboxylic acids is 1. The van der Waals surface area contributed by atoms with E-state index in [0.717, 1.165) is 11.6 Å². The quantitative estimate of drug-likeness (QED) is 0.173. The Hall–Kier alpha value is -4.42. The van der Waals surface area contributed by atoms with Gasteiger partial charge in [-0.1, -0.05) is 12.1 Å². The fourth-order valence-corrected chi connectivity index (χ4v) is 4.15. The third-order valence-electron chi connectivity index (χ3n) is 6.76. The van der Waals surface area contributed by atoms with Gasteiger partial charge in [-0.2, -0.15) is 13.2 Å². The molecule has 43 heavy (non-hydrogen) atoms. The zero-order chi connectivity index (χ0) is 30.4. The first-order valence-electron chi connectivity index (χ1n) is 13.1. The largest absolute Gasteiger partial charge is 0.416 e. The van der Waals surface area contributed by atoms with Gasteiger partial charge in [-0.3, -0.25) is 4.79 Å². The minimum atomic E-state index is -4.68. The molecule has 2 aromatic heterocycles. The molecule has 1 amide bonds. The lowest BCUT2D eigenvalue weighted by Gasteiger charge is -2.21. The van der Waals surface area contributed by atoms with Crippen molar-refractivity contribution in [1.29, 1.82) is 5.41 Å². The molecule has 2 aromatic carbocycles. The Labute approximate surface area is 253 Å². The topological polar surface area (TPSA) is 120 Å². The van der Waals surface area contributed by atoms with Crippen LogP contribution in [0.5, 0.6) is 0 Å². The number of halogens is 4. The fraction of sp³-hybridized carbons (Fsp3) is 0.267. The van der Waals surface area contributed by atoms with Gasteiger partial charge in [0.15, 0.2) is 0 Å². The van der Waals surface area contributed by atoms with Crippen LogP contribution in [0, 0.1) is 12.3 Å². The van der Waals surface area contributed by atoms with Crippen molar-refractivity contribution in [3.63, 3.8) is 0 Å². The van der Waals surface area contributed by atoms with Crippen molar-refractivity contribution < 1.29 is 18.0 Å². The number of aryl methyl sites for hydroxylation is 1. The fourth-order valence-electron chi connectivity index (χ4n) is 4.15. The van der Waals surface area contributed by atoms with Crippen molar-refractivity contribution in [2.75, 3.05) is 24.7 Å². The van der Waals surface area contributed by atoms with E-state index in [1.54, 1.807) is 42.9 Å². The molecule has 0 spiro atoms. The number of benzene rings is 2. The molecule has 0 aliphatic heterocycles. The zero-order valence-corrected chi connectivity index (χ0v) is 24.8. The van der Waals surface area contributed by atoms with Crippen LogP contribution < -0.4 is 10.6 Å². The summed E-state index contributed by atoms with van der Waals surface area (Å²) in [5.74, 6) is -0.389. The number of anilines is 3. The molecule has 0 saturated heterocycles. The zero-order valence-electron chi connectivity index (χ0n) is 24.0. The van der Waals surface area contributed by atoms with E-state index in [1.807, 2.05) is 32.8 Å². The van der Waals surface area contributed by atoms with Gasteiger partial charge in [-0.25, -0.2) is 19.9 Å². The first-order valence-corrected chi connectivity index (χ1v) is 13.1. The molecule has 0 fully saturated rings.